The van der Waals surface area contributed by atoms with Crippen molar-refractivity contribution in [2.45, 2.75) is 31.7 Å². The Kier molecular flexibility index (Phi) is 3.46. The predicted molar refractivity (Wildman–Crippen MR) is 60.6 cm³/mol. The van der Waals surface area contributed by atoms with Crippen LogP contribution in [0.4, 0.5) is 5.95 Å². The van der Waals surface area contributed by atoms with Gasteiger partial charge in [-0.15, -0.1) is 0 Å². The number of carbonyl (C=O) groups is 1. The van der Waals surface area contributed by atoms with Crippen LogP contribution in [-0.2, 0) is 4.79 Å². The molecule has 1 aromatic rings. The fourth-order valence-electron chi connectivity index (χ4n) is 2.05. The quantitative estimate of drug-likeness (QED) is 0.777. The van der Waals surface area contributed by atoms with Crippen molar-refractivity contribution in [1.82, 2.24) is 9.97 Å². The Morgan fingerprint density at radius 3 is 2.69 bits per heavy atom. The molecule has 0 radical (unpaired) electrons. The number of hydrogen-bond donors (Lipinski definition) is 2. The molecule has 0 aliphatic heterocycles. The zero-order valence-electron chi connectivity index (χ0n) is 9.10. The van der Waals surface area contributed by atoms with E-state index < -0.39 is 0 Å². The van der Waals surface area contributed by atoms with E-state index in [2.05, 4.69) is 15.3 Å². The molecule has 1 fully saturated rings. The molecule has 16 heavy (non-hydrogen) atoms. The summed E-state index contributed by atoms with van der Waals surface area (Å²) in [5, 5.41) is 2.70. The molecule has 0 saturated heterocycles. The second-order valence-corrected chi connectivity index (χ2v) is 4.12. The molecule has 0 spiro atoms. The van der Waals surface area contributed by atoms with Gasteiger partial charge in [0.1, 0.15) is 0 Å². The third-order valence-corrected chi connectivity index (χ3v) is 2.96. The van der Waals surface area contributed by atoms with Gasteiger partial charge in [0.05, 0.1) is 5.92 Å². The Morgan fingerprint density at radius 1 is 1.31 bits per heavy atom. The van der Waals surface area contributed by atoms with Gasteiger partial charge in [-0.1, -0.05) is 12.8 Å². The van der Waals surface area contributed by atoms with E-state index in [0.717, 1.165) is 25.7 Å². The van der Waals surface area contributed by atoms with Gasteiger partial charge in [-0.25, -0.2) is 9.97 Å². The number of amides is 1. The van der Waals surface area contributed by atoms with Crippen molar-refractivity contribution in [2.75, 3.05) is 5.32 Å². The Bertz CT molecular complexity index is 354. The van der Waals surface area contributed by atoms with Crippen LogP contribution in [-0.4, -0.2) is 21.9 Å². The molecule has 1 saturated carbocycles. The van der Waals surface area contributed by atoms with E-state index >= 15 is 0 Å². The number of carbonyl (C=O) groups excluding carboxylic acids is 1. The van der Waals surface area contributed by atoms with E-state index in [-0.39, 0.29) is 17.9 Å². The van der Waals surface area contributed by atoms with Crippen LogP contribution < -0.4 is 11.1 Å². The number of nitrogens with one attached hydrogen (secondary N) is 1. The molecular weight excluding hydrogens is 204 g/mol. The van der Waals surface area contributed by atoms with Gasteiger partial charge in [-0.05, 0) is 18.9 Å². The standard InChI is InChI=1S/C11H16N4O/c12-9-5-2-1-4-8(9)10(16)15-11-13-6-3-7-14-11/h3,6-9H,1-2,4-5,12H2,(H,13,14,15,16). The minimum atomic E-state index is -0.0995. The second kappa shape index (κ2) is 5.03. The molecule has 5 nitrogen and oxygen atoms in total. The summed E-state index contributed by atoms with van der Waals surface area (Å²) in [5.74, 6) is 0.196. The summed E-state index contributed by atoms with van der Waals surface area (Å²) in [7, 11) is 0. The zero-order chi connectivity index (χ0) is 11.4. The van der Waals surface area contributed by atoms with E-state index in [4.69, 9.17) is 5.73 Å². The average molecular weight is 220 g/mol. The summed E-state index contributed by atoms with van der Waals surface area (Å²) in [6.07, 6.45) is 7.18. The lowest BCUT2D eigenvalue weighted by atomic mass is 9.84. The number of hydrogen-bond acceptors (Lipinski definition) is 4. The van der Waals surface area contributed by atoms with Crippen molar-refractivity contribution < 1.29 is 4.79 Å². The minimum Gasteiger partial charge on any atom is -0.327 e. The van der Waals surface area contributed by atoms with Crippen LogP contribution in [0, 0.1) is 5.92 Å². The first kappa shape index (κ1) is 11.0. The molecule has 1 aliphatic rings. The van der Waals surface area contributed by atoms with E-state index in [1.54, 1.807) is 18.5 Å². The van der Waals surface area contributed by atoms with Gasteiger partial charge in [0.15, 0.2) is 0 Å². The largest absolute Gasteiger partial charge is 0.327 e. The maximum Gasteiger partial charge on any atom is 0.231 e. The molecule has 2 atom stereocenters. The molecule has 1 amide bonds. The summed E-state index contributed by atoms with van der Waals surface area (Å²) in [5.41, 5.74) is 5.93. The molecule has 2 rings (SSSR count). The van der Waals surface area contributed by atoms with Crippen molar-refractivity contribution >= 4 is 11.9 Å². The second-order valence-electron chi connectivity index (χ2n) is 4.12. The molecule has 1 heterocycles. The topological polar surface area (TPSA) is 80.9 Å². The smallest absolute Gasteiger partial charge is 0.231 e. The molecule has 1 aromatic heterocycles. The van der Waals surface area contributed by atoms with E-state index in [1.807, 2.05) is 0 Å². The van der Waals surface area contributed by atoms with Gasteiger partial charge in [0, 0.05) is 18.4 Å². The van der Waals surface area contributed by atoms with Crippen molar-refractivity contribution in [3.63, 3.8) is 0 Å². The Labute approximate surface area is 94.5 Å². The van der Waals surface area contributed by atoms with Gasteiger partial charge >= 0.3 is 0 Å². The number of rotatable bonds is 2. The average Bonchev–Trinajstić information content (AvgIpc) is 2.31. The molecule has 2 unspecified atom stereocenters. The maximum atomic E-state index is 11.9. The van der Waals surface area contributed by atoms with Crippen LogP contribution in [0.25, 0.3) is 0 Å². The van der Waals surface area contributed by atoms with Crippen LogP contribution in [0.3, 0.4) is 0 Å². The Balaban J connectivity index is 1.97. The van der Waals surface area contributed by atoms with Gasteiger partial charge in [0.2, 0.25) is 11.9 Å². The molecule has 5 heteroatoms. The third kappa shape index (κ3) is 2.55. The Hall–Kier alpha value is -1.49. The van der Waals surface area contributed by atoms with Crippen LogP contribution >= 0.6 is 0 Å². The Morgan fingerprint density at radius 2 is 2.00 bits per heavy atom. The predicted octanol–water partition coefficient (Wildman–Crippen LogP) is 0.933. The molecule has 1 aliphatic carbocycles. The molecule has 86 valence electrons. The number of nitrogens with zero attached hydrogens (tertiary/aromatic N) is 2. The van der Waals surface area contributed by atoms with Crippen LogP contribution in [0.2, 0.25) is 0 Å². The van der Waals surface area contributed by atoms with Crippen LogP contribution in [0.15, 0.2) is 18.5 Å². The highest BCUT2D eigenvalue weighted by Crippen LogP contribution is 2.23. The lowest BCUT2D eigenvalue weighted by Gasteiger charge is -2.26. The zero-order valence-corrected chi connectivity index (χ0v) is 9.10. The highest BCUT2D eigenvalue weighted by Gasteiger charge is 2.28. The summed E-state index contributed by atoms with van der Waals surface area (Å²) >= 11 is 0. The fraction of sp³-hybridized carbons (Fsp3) is 0.545. The summed E-state index contributed by atoms with van der Waals surface area (Å²) in [6, 6.07) is 1.68. The monoisotopic (exact) mass is 220 g/mol. The van der Waals surface area contributed by atoms with Crippen LogP contribution in [0.5, 0.6) is 0 Å². The van der Waals surface area contributed by atoms with E-state index in [9.17, 15) is 4.79 Å². The van der Waals surface area contributed by atoms with Crippen molar-refractivity contribution in [1.29, 1.82) is 0 Å². The lowest BCUT2D eigenvalue weighted by Crippen LogP contribution is -2.40. The highest BCUT2D eigenvalue weighted by molar-refractivity contribution is 5.91. The molecular formula is C11H16N4O. The summed E-state index contributed by atoms with van der Waals surface area (Å²) in [6.45, 7) is 0. The highest BCUT2D eigenvalue weighted by atomic mass is 16.2. The molecule has 0 bridgehead atoms. The summed E-state index contributed by atoms with van der Waals surface area (Å²) in [4.78, 5) is 19.8. The first-order chi connectivity index (χ1) is 7.77. The van der Waals surface area contributed by atoms with Gasteiger partial charge < -0.3 is 5.73 Å². The van der Waals surface area contributed by atoms with E-state index in [1.165, 1.54) is 0 Å². The number of anilines is 1. The first-order valence-electron chi connectivity index (χ1n) is 5.61. The van der Waals surface area contributed by atoms with Gasteiger partial charge in [-0.3, -0.25) is 10.1 Å². The van der Waals surface area contributed by atoms with Gasteiger partial charge in [0.25, 0.3) is 0 Å². The first-order valence-corrected chi connectivity index (χ1v) is 5.61. The molecule has 0 aromatic carbocycles. The number of nitrogens with two attached hydrogens (primary N) is 1. The third-order valence-electron chi connectivity index (χ3n) is 2.96. The SMILES string of the molecule is NC1CCCCC1C(=O)Nc1ncccn1. The lowest BCUT2D eigenvalue weighted by molar-refractivity contribution is -0.121. The summed E-state index contributed by atoms with van der Waals surface area (Å²) < 4.78 is 0. The van der Waals surface area contributed by atoms with Crippen molar-refractivity contribution in [2.24, 2.45) is 11.7 Å². The fourth-order valence-corrected chi connectivity index (χ4v) is 2.05. The number of aromatic nitrogens is 2. The van der Waals surface area contributed by atoms with Crippen LogP contribution in [0.1, 0.15) is 25.7 Å². The van der Waals surface area contributed by atoms with Crippen molar-refractivity contribution in [3.05, 3.63) is 18.5 Å². The normalized spacial score (nSPS) is 25.1. The maximum absolute atomic E-state index is 11.9. The van der Waals surface area contributed by atoms with E-state index in [0.29, 0.717) is 5.95 Å². The van der Waals surface area contributed by atoms with Crippen molar-refractivity contribution in [3.8, 4) is 0 Å². The minimum absolute atomic E-state index is 0.0301. The molecule has 3 N–H and O–H groups in total. The van der Waals surface area contributed by atoms with Gasteiger partial charge in [-0.2, -0.15) is 0 Å².